The molecule has 1 N–H and O–H groups in total. The van der Waals surface area contributed by atoms with Crippen LogP contribution < -0.4 is 5.32 Å². The first-order valence-electron chi connectivity index (χ1n) is 5.79. The Balaban J connectivity index is 2.10. The van der Waals surface area contributed by atoms with Gasteiger partial charge in [-0.3, -0.25) is 4.79 Å². The Kier molecular flexibility index (Phi) is 4.37. The molecule has 2 rings (SSSR count). The number of halogens is 2. The van der Waals surface area contributed by atoms with E-state index < -0.39 is 0 Å². The summed E-state index contributed by atoms with van der Waals surface area (Å²) in [5.41, 5.74) is 0.438. The summed E-state index contributed by atoms with van der Waals surface area (Å²) in [5.74, 6) is -0.585. The molecule has 0 radical (unpaired) electrons. The molecule has 0 aliphatic rings. The highest BCUT2D eigenvalue weighted by atomic mass is 79.9. The number of amides is 1. The molecule has 0 saturated heterocycles. The van der Waals surface area contributed by atoms with E-state index >= 15 is 0 Å². The van der Waals surface area contributed by atoms with Crippen molar-refractivity contribution < 1.29 is 9.18 Å². The van der Waals surface area contributed by atoms with E-state index in [-0.39, 0.29) is 17.8 Å². The average Bonchev–Trinajstić information content (AvgIpc) is 2.79. The zero-order chi connectivity index (χ0) is 14.0. The van der Waals surface area contributed by atoms with Crippen molar-refractivity contribution in [2.75, 3.05) is 0 Å². The second kappa shape index (κ2) is 5.84. The molecule has 0 aliphatic carbocycles. The number of aryl methyl sites for hydroxylation is 1. The lowest BCUT2D eigenvalue weighted by Gasteiger charge is -2.12. The van der Waals surface area contributed by atoms with Gasteiger partial charge in [-0.1, -0.05) is 0 Å². The van der Waals surface area contributed by atoms with Crippen molar-refractivity contribution in [2.45, 2.75) is 19.9 Å². The third-order valence-electron chi connectivity index (χ3n) is 2.72. The van der Waals surface area contributed by atoms with Crippen molar-refractivity contribution in [3.63, 3.8) is 0 Å². The SMILES string of the molecule is Cc1ccc(C(C)NC(=O)c2ccc(F)c(Br)c2)s1. The van der Waals surface area contributed by atoms with Gasteiger partial charge in [0.15, 0.2) is 0 Å². The highest BCUT2D eigenvalue weighted by Crippen LogP contribution is 2.23. The van der Waals surface area contributed by atoms with Gasteiger partial charge >= 0.3 is 0 Å². The Hall–Kier alpha value is -1.20. The van der Waals surface area contributed by atoms with Crippen LogP contribution in [0.4, 0.5) is 4.39 Å². The number of nitrogens with one attached hydrogen (secondary N) is 1. The van der Waals surface area contributed by atoms with Gasteiger partial charge in [-0.05, 0) is 60.1 Å². The predicted molar refractivity (Wildman–Crippen MR) is 79.0 cm³/mol. The summed E-state index contributed by atoms with van der Waals surface area (Å²) in [7, 11) is 0. The molecule has 0 bridgehead atoms. The molecule has 0 saturated carbocycles. The molecule has 100 valence electrons. The first-order valence-corrected chi connectivity index (χ1v) is 7.40. The largest absolute Gasteiger partial charge is 0.345 e. The van der Waals surface area contributed by atoms with E-state index in [9.17, 15) is 9.18 Å². The van der Waals surface area contributed by atoms with Crippen LogP contribution in [0, 0.1) is 12.7 Å². The molecule has 1 atom stereocenters. The number of rotatable bonds is 3. The fraction of sp³-hybridized carbons (Fsp3) is 0.214. The first-order chi connectivity index (χ1) is 8.97. The van der Waals surface area contributed by atoms with Gasteiger partial charge in [-0.15, -0.1) is 11.3 Å². The fourth-order valence-corrected chi connectivity index (χ4v) is 2.93. The van der Waals surface area contributed by atoms with Gasteiger partial charge in [-0.2, -0.15) is 0 Å². The molecular formula is C14H13BrFNOS. The van der Waals surface area contributed by atoms with Crippen LogP contribution in [0.3, 0.4) is 0 Å². The Morgan fingerprint density at radius 3 is 2.68 bits per heavy atom. The summed E-state index contributed by atoms with van der Waals surface area (Å²) in [6.07, 6.45) is 0. The van der Waals surface area contributed by atoms with E-state index in [0.717, 1.165) is 4.88 Å². The summed E-state index contributed by atoms with van der Waals surface area (Å²) in [6, 6.07) is 8.20. The van der Waals surface area contributed by atoms with E-state index in [1.807, 2.05) is 26.0 Å². The average molecular weight is 342 g/mol. The second-order valence-corrected chi connectivity index (χ2v) is 6.45. The van der Waals surface area contributed by atoms with Gasteiger partial charge in [0, 0.05) is 15.3 Å². The van der Waals surface area contributed by atoms with Crippen LogP contribution in [0.15, 0.2) is 34.8 Å². The number of thiophene rings is 1. The second-order valence-electron chi connectivity index (χ2n) is 4.27. The van der Waals surface area contributed by atoms with E-state index in [2.05, 4.69) is 21.2 Å². The summed E-state index contributed by atoms with van der Waals surface area (Å²) in [6.45, 7) is 3.96. The van der Waals surface area contributed by atoms with Crippen LogP contribution >= 0.6 is 27.3 Å². The Morgan fingerprint density at radius 1 is 1.37 bits per heavy atom. The number of carbonyl (C=O) groups excluding carboxylic acids is 1. The molecule has 19 heavy (non-hydrogen) atoms. The van der Waals surface area contributed by atoms with E-state index in [4.69, 9.17) is 0 Å². The third kappa shape index (κ3) is 3.42. The monoisotopic (exact) mass is 341 g/mol. The lowest BCUT2D eigenvalue weighted by atomic mass is 10.2. The summed E-state index contributed by atoms with van der Waals surface area (Å²) >= 11 is 4.73. The molecule has 0 aliphatic heterocycles. The highest BCUT2D eigenvalue weighted by molar-refractivity contribution is 9.10. The maximum Gasteiger partial charge on any atom is 0.251 e. The molecule has 2 nitrogen and oxygen atoms in total. The van der Waals surface area contributed by atoms with Gasteiger partial charge in [-0.25, -0.2) is 4.39 Å². The standard InChI is InChI=1S/C14H13BrFNOS/c1-8-3-6-13(19-8)9(2)17-14(18)10-4-5-12(16)11(15)7-10/h3-7,9H,1-2H3,(H,17,18). The molecule has 0 fully saturated rings. The van der Waals surface area contributed by atoms with E-state index in [0.29, 0.717) is 10.0 Å². The summed E-state index contributed by atoms with van der Waals surface area (Å²) in [5, 5.41) is 2.90. The molecule has 1 unspecified atom stereocenters. The van der Waals surface area contributed by atoms with Crippen LogP contribution in [-0.2, 0) is 0 Å². The lowest BCUT2D eigenvalue weighted by molar-refractivity contribution is 0.0940. The Morgan fingerprint density at radius 2 is 2.11 bits per heavy atom. The molecule has 2 aromatic rings. The molecule has 1 amide bonds. The Labute approximate surface area is 123 Å². The normalized spacial score (nSPS) is 12.2. The smallest absolute Gasteiger partial charge is 0.251 e. The minimum atomic E-state index is -0.376. The van der Waals surface area contributed by atoms with Crippen LogP contribution in [0.1, 0.15) is 33.1 Å². The van der Waals surface area contributed by atoms with Crippen molar-refractivity contribution in [2.24, 2.45) is 0 Å². The van der Waals surface area contributed by atoms with Gasteiger partial charge in [0.25, 0.3) is 5.91 Å². The van der Waals surface area contributed by atoms with Gasteiger partial charge < -0.3 is 5.32 Å². The number of hydrogen-bond acceptors (Lipinski definition) is 2. The number of carbonyl (C=O) groups is 1. The molecule has 1 aromatic carbocycles. The third-order valence-corrected chi connectivity index (χ3v) is 4.51. The van der Waals surface area contributed by atoms with Gasteiger partial charge in [0.05, 0.1) is 10.5 Å². The number of hydrogen-bond donors (Lipinski definition) is 1. The molecule has 1 aromatic heterocycles. The van der Waals surface area contributed by atoms with Crippen LogP contribution in [-0.4, -0.2) is 5.91 Å². The van der Waals surface area contributed by atoms with Crippen LogP contribution in [0.2, 0.25) is 0 Å². The van der Waals surface area contributed by atoms with Crippen molar-refractivity contribution >= 4 is 33.2 Å². The van der Waals surface area contributed by atoms with Gasteiger partial charge in [0.1, 0.15) is 5.82 Å². The van der Waals surface area contributed by atoms with Gasteiger partial charge in [0.2, 0.25) is 0 Å². The van der Waals surface area contributed by atoms with Crippen LogP contribution in [0.5, 0.6) is 0 Å². The minimum absolute atomic E-state index is 0.0602. The summed E-state index contributed by atoms with van der Waals surface area (Å²) < 4.78 is 13.4. The first kappa shape index (κ1) is 14.2. The van der Waals surface area contributed by atoms with E-state index in [1.54, 1.807) is 11.3 Å². The minimum Gasteiger partial charge on any atom is -0.345 e. The lowest BCUT2D eigenvalue weighted by Crippen LogP contribution is -2.26. The van der Waals surface area contributed by atoms with Crippen molar-refractivity contribution in [3.05, 3.63) is 55.9 Å². The Bertz CT molecular complexity index is 611. The maximum absolute atomic E-state index is 13.1. The number of benzene rings is 1. The topological polar surface area (TPSA) is 29.1 Å². The summed E-state index contributed by atoms with van der Waals surface area (Å²) in [4.78, 5) is 14.4. The zero-order valence-corrected chi connectivity index (χ0v) is 12.9. The molecule has 0 spiro atoms. The van der Waals surface area contributed by atoms with E-state index in [1.165, 1.54) is 23.1 Å². The molecule has 1 heterocycles. The highest BCUT2D eigenvalue weighted by Gasteiger charge is 2.13. The molecular weight excluding hydrogens is 329 g/mol. The quantitative estimate of drug-likeness (QED) is 0.877. The van der Waals surface area contributed by atoms with Crippen molar-refractivity contribution in [1.29, 1.82) is 0 Å². The van der Waals surface area contributed by atoms with Crippen molar-refractivity contribution in [3.8, 4) is 0 Å². The maximum atomic E-state index is 13.1. The predicted octanol–water partition coefficient (Wildman–Crippen LogP) is 4.45. The zero-order valence-electron chi connectivity index (χ0n) is 10.5. The van der Waals surface area contributed by atoms with Crippen molar-refractivity contribution in [1.82, 2.24) is 5.32 Å². The molecule has 5 heteroatoms. The van der Waals surface area contributed by atoms with Crippen LogP contribution in [0.25, 0.3) is 0 Å². The fourth-order valence-electron chi connectivity index (χ4n) is 1.67.